The summed E-state index contributed by atoms with van der Waals surface area (Å²) in [5.74, 6) is 0. The van der Waals surface area contributed by atoms with Crippen LogP contribution in [0.25, 0.3) is 22.0 Å². The van der Waals surface area contributed by atoms with E-state index in [0.29, 0.717) is 0 Å². The number of likely N-dealkylation sites (tertiary alicyclic amines) is 1. The van der Waals surface area contributed by atoms with Crippen molar-refractivity contribution in [2.45, 2.75) is 46.1 Å². The molecule has 5 heteroatoms. The predicted molar refractivity (Wildman–Crippen MR) is 115 cm³/mol. The monoisotopic (exact) mass is 416 g/mol. The van der Waals surface area contributed by atoms with E-state index in [1.165, 1.54) is 41.8 Å². The van der Waals surface area contributed by atoms with Gasteiger partial charge in [-0.15, -0.1) is 0 Å². The second-order valence-electron chi connectivity index (χ2n) is 6.98. The van der Waals surface area contributed by atoms with Gasteiger partial charge in [-0.3, -0.25) is 4.79 Å². The SMILES string of the molecule is CC.C[C@@H]1CCCN1CCc1ccc2cc(-c3ccc(=O)[nH]n3)ccc2c1.[HH].[V]. The van der Waals surface area contributed by atoms with Gasteiger partial charge in [0.15, 0.2) is 0 Å². The Morgan fingerprint density at radius 2 is 1.86 bits per heavy atom. The zero-order chi connectivity index (χ0) is 19.2. The molecule has 1 atom stereocenters. The molecule has 4 rings (SSSR count). The second kappa shape index (κ2) is 10.6. The number of nitrogens with one attached hydrogen (secondary N) is 1. The maximum absolute atomic E-state index is 11.2. The van der Waals surface area contributed by atoms with E-state index in [9.17, 15) is 4.79 Å². The average Bonchev–Trinajstić information content (AvgIpc) is 3.13. The molecule has 1 saturated heterocycles. The molecule has 149 valence electrons. The van der Waals surface area contributed by atoms with Crippen molar-refractivity contribution in [1.29, 1.82) is 0 Å². The summed E-state index contributed by atoms with van der Waals surface area (Å²) in [4.78, 5) is 13.8. The van der Waals surface area contributed by atoms with Crippen molar-refractivity contribution in [2.75, 3.05) is 13.1 Å². The average molecular weight is 416 g/mol. The molecule has 3 aromatic rings. The van der Waals surface area contributed by atoms with Crippen molar-refractivity contribution >= 4 is 10.8 Å². The number of rotatable bonds is 4. The van der Waals surface area contributed by atoms with Gasteiger partial charge in [-0.2, -0.15) is 5.10 Å². The molecule has 0 amide bonds. The van der Waals surface area contributed by atoms with Crippen molar-refractivity contribution in [3.63, 3.8) is 0 Å². The van der Waals surface area contributed by atoms with Gasteiger partial charge < -0.3 is 4.90 Å². The Morgan fingerprint density at radius 3 is 2.54 bits per heavy atom. The summed E-state index contributed by atoms with van der Waals surface area (Å²) < 4.78 is 0. The second-order valence-corrected chi connectivity index (χ2v) is 6.98. The van der Waals surface area contributed by atoms with Crippen molar-refractivity contribution in [2.24, 2.45) is 0 Å². The van der Waals surface area contributed by atoms with Crippen LogP contribution in [0.4, 0.5) is 0 Å². The van der Waals surface area contributed by atoms with Crippen LogP contribution in [0.15, 0.2) is 53.3 Å². The van der Waals surface area contributed by atoms with Crippen LogP contribution >= 0.6 is 0 Å². The first kappa shape index (κ1) is 22.4. The van der Waals surface area contributed by atoms with Crippen molar-refractivity contribution in [3.8, 4) is 11.3 Å². The molecule has 1 aliphatic heterocycles. The van der Waals surface area contributed by atoms with Crippen molar-refractivity contribution in [3.05, 3.63) is 64.4 Å². The zero-order valence-electron chi connectivity index (χ0n) is 17.0. The van der Waals surface area contributed by atoms with E-state index in [2.05, 4.69) is 58.4 Å². The molecular formula is C23H31N3OV. The van der Waals surface area contributed by atoms with Crippen LogP contribution in [0.3, 0.4) is 0 Å². The third kappa shape index (κ3) is 5.35. The molecule has 0 spiro atoms. The fourth-order valence-corrected chi connectivity index (χ4v) is 3.71. The summed E-state index contributed by atoms with van der Waals surface area (Å²) in [7, 11) is 0. The molecule has 0 unspecified atom stereocenters. The summed E-state index contributed by atoms with van der Waals surface area (Å²) in [6.07, 6.45) is 3.77. The summed E-state index contributed by atoms with van der Waals surface area (Å²) in [6.45, 7) is 8.72. The van der Waals surface area contributed by atoms with E-state index in [-0.39, 0.29) is 25.5 Å². The van der Waals surface area contributed by atoms with E-state index in [1.54, 1.807) is 6.07 Å². The van der Waals surface area contributed by atoms with Gasteiger partial charge in [0.25, 0.3) is 5.56 Å². The normalized spacial score (nSPS) is 16.3. The molecule has 0 aliphatic carbocycles. The molecule has 28 heavy (non-hydrogen) atoms. The largest absolute Gasteiger partial charge is 0.300 e. The Morgan fingerprint density at radius 1 is 1.11 bits per heavy atom. The number of benzene rings is 2. The Labute approximate surface area is 180 Å². The molecular weight excluding hydrogens is 385 g/mol. The van der Waals surface area contributed by atoms with Crippen LogP contribution in [0, 0.1) is 0 Å². The van der Waals surface area contributed by atoms with E-state index in [1.807, 2.05) is 13.8 Å². The topological polar surface area (TPSA) is 49.0 Å². The van der Waals surface area contributed by atoms with Gasteiger partial charge in [-0.05, 0) is 61.2 Å². The van der Waals surface area contributed by atoms with E-state index < -0.39 is 0 Å². The predicted octanol–water partition coefficient (Wildman–Crippen LogP) is 4.89. The first-order valence-electron chi connectivity index (χ1n) is 10.0. The molecule has 1 aromatic heterocycles. The van der Waals surface area contributed by atoms with E-state index in [4.69, 9.17) is 0 Å². The first-order chi connectivity index (χ1) is 13.2. The smallest absolute Gasteiger partial charge is 0.264 e. The van der Waals surface area contributed by atoms with Gasteiger partial charge in [0, 0.05) is 44.2 Å². The molecule has 2 heterocycles. The van der Waals surface area contributed by atoms with Crippen LogP contribution in [-0.4, -0.2) is 34.2 Å². The van der Waals surface area contributed by atoms with E-state index in [0.717, 1.165) is 30.3 Å². The molecule has 1 fully saturated rings. The number of fused-ring (bicyclic) bond motifs is 1. The summed E-state index contributed by atoms with van der Waals surface area (Å²) in [6, 6.07) is 17.0. The zero-order valence-corrected chi connectivity index (χ0v) is 18.4. The Balaban J connectivity index is 0.00000102. The summed E-state index contributed by atoms with van der Waals surface area (Å²) >= 11 is 0. The molecule has 0 bridgehead atoms. The van der Waals surface area contributed by atoms with Crippen molar-refractivity contribution in [1.82, 2.24) is 15.1 Å². The van der Waals surface area contributed by atoms with Crippen molar-refractivity contribution < 1.29 is 20.0 Å². The number of hydrogen-bond acceptors (Lipinski definition) is 3. The van der Waals surface area contributed by atoms with Gasteiger partial charge in [-0.1, -0.05) is 44.2 Å². The standard InChI is InChI=1S/C21H23N3O.C2H6.V.H2/c1-15-3-2-11-24(15)12-10-16-4-5-18-14-19(7-6-17(18)13-16)20-8-9-21(25)23-22-20;1-2;;/h4-9,13-15H,2-3,10-12H2,1H3,(H,23,25);1-2H3;;1H/t15-;;;/m1.../s1. The van der Waals surface area contributed by atoms with Gasteiger partial charge in [0.2, 0.25) is 0 Å². The number of hydrogen-bond donors (Lipinski definition) is 1. The molecule has 1 aliphatic rings. The number of H-pyrrole nitrogens is 1. The Hall–Kier alpha value is -1.88. The number of nitrogens with zero attached hydrogens (tertiary/aromatic N) is 2. The maximum atomic E-state index is 11.2. The van der Waals surface area contributed by atoms with Gasteiger partial charge >= 0.3 is 0 Å². The molecule has 0 saturated carbocycles. The summed E-state index contributed by atoms with van der Waals surface area (Å²) in [5, 5.41) is 9.05. The molecule has 1 N–H and O–H groups in total. The van der Waals surface area contributed by atoms with E-state index >= 15 is 0 Å². The third-order valence-corrected chi connectivity index (χ3v) is 5.26. The van der Waals surface area contributed by atoms with Gasteiger partial charge in [0.05, 0.1) is 5.69 Å². The minimum absolute atomic E-state index is 0. The minimum atomic E-state index is -0.179. The Kier molecular flexibility index (Phi) is 8.49. The molecule has 1 radical (unpaired) electrons. The van der Waals surface area contributed by atoms with Gasteiger partial charge in [0.1, 0.15) is 0 Å². The number of aromatic amines is 1. The third-order valence-electron chi connectivity index (χ3n) is 5.26. The quantitative estimate of drug-likeness (QED) is 0.659. The van der Waals surface area contributed by atoms with Crippen LogP contribution < -0.4 is 5.56 Å². The fraction of sp³-hybridized carbons (Fsp3) is 0.391. The van der Waals surface area contributed by atoms with Crippen LogP contribution in [0.2, 0.25) is 0 Å². The summed E-state index contributed by atoms with van der Waals surface area (Å²) in [5.41, 5.74) is 3.01. The molecule has 2 aromatic carbocycles. The fourth-order valence-electron chi connectivity index (χ4n) is 3.71. The molecule has 4 nitrogen and oxygen atoms in total. The maximum Gasteiger partial charge on any atom is 0.264 e. The first-order valence-corrected chi connectivity index (χ1v) is 10.0. The van der Waals surface area contributed by atoms with Crippen LogP contribution in [0.5, 0.6) is 0 Å². The van der Waals surface area contributed by atoms with Gasteiger partial charge in [-0.25, -0.2) is 5.10 Å². The number of aromatic nitrogens is 2. The van der Waals surface area contributed by atoms with Crippen LogP contribution in [0.1, 0.15) is 40.6 Å². The minimum Gasteiger partial charge on any atom is -0.300 e. The Bertz CT molecular complexity index is 940. The van der Waals surface area contributed by atoms with Crippen LogP contribution in [-0.2, 0) is 25.0 Å².